The first kappa shape index (κ1) is 25.1. The molecule has 34 heavy (non-hydrogen) atoms. The molecule has 0 fully saturated rings. The van der Waals surface area contributed by atoms with Crippen LogP contribution in [0, 0.1) is 11.6 Å². The minimum absolute atomic E-state index is 0.0106. The maximum absolute atomic E-state index is 14.6. The van der Waals surface area contributed by atoms with Gasteiger partial charge >= 0.3 is 12.1 Å². The maximum atomic E-state index is 14.6. The van der Waals surface area contributed by atoms with Crippen LogP contribution < -0.4 is 10.5 Å². The molecule has 0 aliphatic heterocycles. The summed E-state index contributed by atoms with van der Waals surface area (Å²) in [6.07, 6.45) is -6.61. The van der Waals surface area contributed by atoms with Gasteiger partial charge in [0.15, 0.2) is 22.3 Å². The number of nitrogens with two attached hydrogens (primary N) is 1. The van der Waals surface area contributed by atoms with E-state index in [2.05, 4.69) is 20.9 Å². The lowest BCUT2D eigenvalue weighted by Gasteiger charge is -2.17. The van der Waals surface area contributed by atoms with Crippen LogP contribution in [0.25, 0.3) is 11.3 Å². The molecule has 1 heterocycles. The summed E-state index contributed by atoms with van der Waals surface area (Å²) in [6.45, 7) is 0. The Bertz CT molecular complexity index is 1230. The van der Waals surface area contributed by atoms with E-state index < -0.39 is 59.1 Å². The Kier molecular flexibility index (Phi) is 7.24. The quantitative estimate of drug-likeness (QED) is 0.360. The summed E-state index contributed by atoms with van der Waals surface area (Å²) in [5.41, 5.74) is 3.37. The van der Waals surface area contributed by atoms with E-state index in [0.29, 0.717) is 0 Å². The summed E-state index contributed by atoms with van der Waals surface area (Å²) in [6, 6.07) is 5.61. The highest BCUT2D eigenvalue weighted by molar-refractivity contribution is 9.10. The molecule has 1 aromatic heterocycles. The molecule has 0 bridgehead atoms. The van der Waals surface area contributed by atoms with E-state index >= 15 is 0 Å². The van der Waals surface area contributed by atoms with Crippen LogP contribution in [0.4, 0.5) is 22.0 Å². The van der Waals surface area contributed by atoms with Gasteiger partial charge in [0.1, 0.15) is 17.1 Å². The van der Waals surface area contributed by atoms with E-state index in [-0.39, 0.29) is 28.2 Å². The van der Waals surface area contributed by atoms with E-state index in [9.17, 15) is 31.5 Å². The number of carbonyl (C=O) groups excluding carboxylic acids is 1. The number of ether oxygens (including phenoxy) is 1. The SMILES string of the molecule is NC(=O)c1c(F)ccc(OC(CCC(=O)O)c2nc(-c3ccc(C(F)(F)F)cc3)c(Br)o2)c1F. The third-order valence-corrected chi connectivity index (χ3v) is 5.09. The van der Waals surface area contributed by atoms with Crippen molar-refractivity contribution in [2.45, 2.75) is 25.1 Å². The third-order valence-electron chi connectivity index (χ3n) is 4.56. The van der Waals surface area contributed by atoms with Gasteiger partial charge in [0.05, 0.1) is 5.56 Å². The van der Waals surface area contributed by atoms with Gasteiger partial charge in [0, 0.05) is 18.4 Å². The highest BCUT2D eigenvalue weighted by Gasteiger charge is 2.31. The zero-order valence-electron chi connectivity index (χ0n) is 16.8. The summed E-state index contributed by atoms with van der Waals surface area (Å²) >= 11 is 3.09. The van der Waals surface area contributed by atoms with E-state index in [0.717, 1.165) is 36.4 Å². The topological polar surface area (TPSA) is 116 Å². The van der Waals surface area contributed by atoms with Crippen molar-refractivity contribution >= 4 is 27.8 Å². The molecular weight excluding hydrogens is 535 g/mol. The minimum atomic E-state index is -4.54. The van der Waals surface area contributed by atoms with Gasteiger partial charge in [-0.2, -0.15) is 13.2 Å². The highest BCUT2D eigenvalue weighted by Crippen LogP contribution is 2.36. The Hall–Kier alpha value is -3.48. The Morgan fingerprint density at radius 3 is 2.35 bits per heavy atom. The monoisotopic (exact) mass is 548 g/mol. The van der Waals surface area contributed by atoms with Crippen LogP contribution >= 0.6 is 15.9 Å². The van der Waals surface area contributed by atoms with Crippen LogP contribution in [0.1, 0.15) is 40.8 Å². The number of primary amides is 1. The Balaban J connectivity index is 1.97. The summed E-state index contributed by atoms with van der Waals surface area (Å²) in [5.74, 6) is -6.08. The average molecular weight is 549 g/mol. The zero-order chi connectivity index (χ0) is 25.2. The standard InChI is InChI=1S/C21H14BrF5N2O5/c22-18-17(9-1-3-10(4-2-9)21(25,26)27)29-20(34-18)13(7-8-14(30)31)33-12-6-5-11(23)15(16(12)24)19(28)32/h1-6,13H,7-8H2,(H2,28,32)(H,30,31). The Morgan fingerprint density at radius 2 is 1.79 bits per heavy atom. The normalized spacial score (nSPS) is 12.4. The van der Waals surface area contributed by atoms with Gasteiger partial charge in [0.2, 0.25) is 5.89 Å². The van der Waals surface area contributed by atoms with Crippen LogP contribution in [0.2, 0.25) is 0 Å². The number of halogens is 6. The number of carboxylic acids is 1. The van der Waals surface area contributed by atoms with Crippen molar-refractivity contribution in [3.8, 4) is 17.0 Å². The molecule has 13 heteroatoms. The van der Waals surface area contributed by atoms with Gasteiger partial charge in [-0.05, 0) is 40.2 Å². The number of benzene rings is 2. The number of rotatable bonds is 8. The van der Waals surface area contributed by atoms with Crippen molar-refractivity contribution in [2.24, 2.45) is 5.73 Å². The van der Waals surface area contributed by atoms with Gasteiger partial charge < -0.3 is 20.0 Å². The van der Waals surface area contributed by atoms with E-state index in [1.54, 1.807) is 0 Å². The molecule has 1 atom stereocenters. The largest absolute Gasteiger partial charge is 0.481 e. The van der Waals surface area contributed by atoms with Gasteiger partial charge in [0.25, 0.3) is 5.91 Å². The molecule has 7 nitrogen and oxygen atoms in total. The number of aromatic nitrogens is 1. The van der Waals surface area contributed by atoms with Crippen LogP contribution in [-0.2, 0) is 11.0 Å². The summed E-state index contributed by atoms with van der Waals surface area (Å²) in [4.78, 5) is 26.6. The van der Waals surface area contributed by atoms with Crippen LogP contribution in [0.5, 0.6) is 5.75 Å². The molecule has 3 N–H and O–H groups in total. The first-order chi connectivity index (χ1) is 15.9. The van der Waals surface area contributed by atoms with Gasteiger partial charge in [-0.1, -0.05) is 12.1 Å². The molecule has 0 aliphatic rings. The average Bonchev–Trinajstić information content (AvgIpc) is 3.13. The third kappa shape index (κ3) is 5.53. The Morgan fingerprint density at radius 1 is 1.15 bits per heavy atom. The van der Waals surface area contributed by atoms with Crippen molar-refractivity contribution < 1.29 is 45.8 Å². The molecule has 0 saturated heterocycles. The Labute approximate surface area is 196 Å². The summed E-state index contributed by atoms with van der Waals surface area (Å²) < 4.78 is 77.7. The number of nitrogens with zero attached hydrogens (tertiary/aromatic N) is 1. The molecule has 0 saturated carbocycles. The smallest absolute Gasteiger partial charge is 0.416 e. The molecule has 0 spiro atoms. The fraction of sp³-hybridized carbons (Fsp3) is 0.190. The first-order valence-electron chi connectivity index (χ1n) is 9.38. The lowest BCUT2D eigenvalue weighted by molar-refractivity contribution is -0.138. The molecule has 180 valence electrons. The van der Waals surface area contributed by atoms with Gasteiger partial charge in [-0.15, -0.1) is 0 Å². The number of amides is 1. The molecular formula is C21H14BrF5N2O5. The number of oxazole rings is 1. The number of aliphatic carboxylic acids is 1. The van der Waals surface area contributed by atoms with Crippen molar-refractivity contribution in [1.29, 1.82) is 0 Å². The van der Waals surface area contributed by atoms with Gasteiger partial charge in [-0.25, -0.2) is 13.8 Å². The minimum Gasteiger partial charge on any atom is -0.481 e. The lowest BCUT2D eigenvalue weighted by atomic mass is 10.1. The molecule has 3 aromatic rings. The summed E-state index contributed by atoms with van der Waals surface area (Å²) in [7, 11) is 0. The molecule has 0 aliphatic carbocycles. The second-order valence-corrected chi connectivity index (χ2v) is 7.61. The fourth-order valence-corrected chi connectivity index (χ4v) is 3.42. The molecule has 1 unspecified atom stereocenters. The molecule has 2 aromatic carbocycles. The van der Waals surface area contributed by atoms with Gasteiger partial charge in [-0.3, -0.25) is 9.59 Å². The zero-order valence-corrected chi connectivity index (χ0v) is 18.4. The highest BCUT2D eigenvalue weighted by atomic mass is 79.9. The van der Waals surface area contributed by atoms with Crippen molar-refractivity contribution in [2.75, 3.05) is 0 Å². The molecule has 1 amide bonds. The first-order valence-corrected chi connectivity index (χ1v) is 10.2. The predicted octanol–water partition coefficient (Wildman–Crippen LogP) is 5.48. The van der Waals surface area contributed by atoms with Crippen molar-refractivity contribution in [3.05, 3.63) is 69.7 Å². The number of hydrogen-bond donors (Lipinski definition) is 2. The number of hydrogen-bond acceptors (Lipinski definition) is 5. The number of carbonyl (C=O) groups is 2. The summed E-state index contributed by atoms with van der Waals surface area (Å²) in [5, 5.41) is 9.02. The van der Waals surface area contributed by atoms with Crippen molar-refractivity contribution in [1.82, 2.24) is 4.98 Å². The van der Waals surface area contributed by atoms with E-state index in [4.69, 9.17) is 20.0 Å². The van der Waals surface area contributed by atoms with E-state index in [1.807, 2.05) is 0 Å². The van der Waals surface area contributed by atoms with Crippen LogP contribution in [0.15, 0.2) is 45.5 Å². The number of carboxylic acid groups (broad SMARTS) is 1. The van der Waals surface area contributed by atoms with E-state index in [1.165, 1.54) is 0 Å². The fourth-order valence-electron chi connectivity index (χ4n) is 2.94. The van der Waals surface area contributed by atoms with Crippen molar-refractivity contribution in [3.63, 3.8) is 0 Å². The molecule has 0 radical (unpaired) electrons. The number of alkyl halides is 3. The van der Waals surface area contributed by atoms with Crippen LogP contribution in [-0.4, -0.2) is 22.0 Å². The second kappa shape index (κ2) is 9.79. The second-order valence-electron chi connectivity index (χ2n) is 6.89. The van der Waals surface area contributed by atoms with Crippen LogP contribution in [0.3, 0.4) is 0 Å². The maximum Gasteiger partial charge on any atom is 0.416 e. The molecule has 3 rings (SSSR count). The lowest BCUT2D eigenvalue weighted by Crippen LogP contribution is -2.17. The predicted molar refractivity (Wildman–Crippen MR) is 110 cm³/mol.